The van der Waals surface area contributed by atoms with Crippen molar-refractivity contribution in [3.05, 3.63) is 67.2 Å². The van der Waals surface area contributed by atoms with E-state index in [-0.39, 0.29) is 55.6 Å². The van der Waals surface area contributed by atoms with Gasteiger partial charge in [-0.25, -0.2) is 0 Å². The van der Waals surface area contributed by atoms with E-state index in [1.807, 2.05) is 78.0 Å². The molecule has 0 unspecified atom stereocenters. The molecule has 52 heavy (non-hydrogen) atoms. The van der Waals surface area contributed by atoms with Crippen LogP contribution in [-0.4, -0.2) is 19.6 Å². The van der Waals surface area contributed by atoms with Crippen molar-refractivity contribution in [3.63, 3.8) is 0 Å². The average Bonchev–Trinajstić information content (AvgIpc) is 3.08. The molecule has 12 nitrogen and oxygen atoms in total. The summed E-state index contributed by atoms with van der Waals surface area (Å²) < 4.78 is 0. The molecular weight excluding hydrogens is 649 g/mol. The largest absolute Gasteiger partial charge is 0.387 e. The highest BCUT2D eigenvalue weighted by Crippen LogP contribution is 2.44. The first-order valence-corrected chi connectivity index (χ1v) is 16.8. The molecule has 3 N–H and O–H groups in total. The molecular formula is C40H40N12. The van der Waals surface area contributed by atoms with Gasteiger partial charge < -0.3 is 16.0 Å². The highest BCUT2D eigenvalue weighted by molar-refractivity contribution is 5.59. The Balaban J connectivity index is 2.11. The van der Waals surface area contributed by atoms with Crippen molar-refractivity contribution in [2.45, 2.75) is 80.1 Å². The Kier molecular flexibility index (Phi) is 12.4. The topological polar surface area (TPSA) is 250 Å². The van der Waals surface area contributed by atoms with Crippen LogP contribution in [-0.2, 0) is 0 Å². The van der Waals surface area contributed by atoms with Crippen LogP contribution in [0.2, 0.25) is 0 Å². The molecule has 260 valence electrons. The minimum atomic E-state index is -0.354. The fourth-order valence-electron chi connectivity index (χ4n) is 7.13. The lowest BCUT2D eigenvalue weighted by molar-refractivity contribution is 0.321. The molecule has 0 fully saturated rings. The lowest BCUT2D eigenvalue weighted by Crippen LogP contribution is -2.41. The Labute approximate surface area is 306 Å². The lowest BCUT2D eigenvalue weighted by atomic mass is 9.72. The van der Waals surface area contributed by atoms with Crippen LogP contribution in [0.1, 0.15) is 80.1 Å². The molecule has 3 aliphatic carbocycles. The van der Waals surface area contributed by atoms with Gasteiger partial charge in [-0.1, -0.05) is 41.5 Å². The number of hydrogen-bond donors (Lipinski definition) is 3. The van der Waals surface area contributed by atoms with Crippen LogP contribution in [0.15, 0.2) is 67.2 Å². The Hall–Kier alpha value is -6.75. The van der Waals surface area contributed by atoms with E-state index >= 15 is 0 Å². The van der Waals surface area contributed by atoms with Gasteiger partial charge in [0.15, 0.2) is 0 Å². The first-order valence-electron chi connectivity index (χ1n) is 16.8. The minimum absolute atomic E-state index is 0.105. The maximum absolute atomic E-state index is 10.2. The Morgan fingerprint density at radius 2 is 0.673 bits per heavy atom. The fraction of sp³-hybridized carbons (Fsp3) is 0.475. The van der Waals surface area contributed by atoms with Gasteiger partial charge >= 0.3 is 0 Å². The van der Waals surface area contributed by atoms with E-state index in [4.69, 9.17) is 0 Å². The highest BCUT2D eigenvalue weighted by atomic mass is 15.0. The fourth-order valence-corrected chi connectivity index (χ4v) is 7.13. The summed E-state index contributed by atoms with van der Waals surface area (Å²) in [6.45, 7) is 12.9. The number of nitriles is 9. The summed E-state index contributed by atoms with van der Waals surface area (Å²) >= 11 is 0. The summed E-state index contributed by atoms with van der Waals surface area (Å²) in [4.78, 5) is 0. The summed E-state index contributed by atoms with van der Waals surface area (Å²) in [5.41, 5.74) is 2.40. The summed E-state index contributed by atoms with van der Waals surface area (Å²) in [6, 6.07) is 18.2. The van der Waals surface area contributed by atoms with E-state index in [9.17, 15) is 47.4 Å². The van der Waals surface area contributed by atoms with Gasteiger partial charge in [0.1, 0.15) is 71.3 Å². The van der Waals surface area contributed by atoms with E-state index < -0.39 is 0 Å². The van der Waals surface area contributed by atoms with Crippen molar-refractivity contribution in [2.75, 3.05) is 19.6 Å². The van der Waals surface area contributed by atoms with Crippen molar-refractivity contribution in [3.8, 4) is 54.6 Å². The zero-order valence-electron chi connectivity index (χ0n) is 30.5. The normalized spacial score (nSPS) is 18.5. The van der Waals surface area contributed by atoms with E-state index in [0.717, 1.165) is 0 Å². The molecule has 0 amide bonds. The van der Waals surface area contributed by atoms with E-state index in [0.29, 0.717) is 92.0 Å². The predicted octanol–water partition coefficient (Wildman–Crippen LogP) is 6.20. The number of allylic oxidation sites excluding steroid dienone is 12. The van der Waals surface area contributed by atoms with Gasteiger partial charge in [-0.05, 0) is 54.8 Å². The lowest BCUT2D eigenvalue weighted by Gasteiger charge is -2.36. The number of hydrogen-bond acceptors (Lipinski definition) is 12. The highest BCUT2D eigenvalue weighted by Gasteiger charge is 2.36. The third-order valence-electron chi connectivity index (χ3n) is 9.47. The smallest absolute Gasteiger partial charge is 0.134 e. The molecule has 0 spiro atoms. The molecule has 0 saturated carbocycles. The number of nitrogens with one attached hydrogen (secondary N) is 3. The van der Waals surface area contributed by atoms with Crippen molar-refractivity contribution in [1.29, 1.82) is 47.4 Å². The van der Waals surface area contributed by atoms with Gasteiger partial charge in [0.25, 0.3) is 0 Å². The molecule has 0 radical (unpaired) electrons. The Morgan fingerprint density at radius 3 is 0.865 bits per heavy atom. The molecule has 12 heteroatoms. The van der Waals surface area contributed by atoms with Crippen LogP contribution in [0.4, 0.5) is 0 Å². The second-order valence-corrected chi connectivity index (χ2v) is 15.7. The van der Waals surface area contributed by atoms with Crippen LogP contribution in [0, 0.1) is 124 Å². The molecule has 0 aromatic carbocycles. The predicted molar refractivity (Wildman–Crippen MR) is 189 cm³/mol. The monoisotopic (exact) mass is 688 g/mol. The van der Waals surface area contributed by atoms with Gasteiger partial charge in [-0.2, -0.15) is 47.4 Å². The van der Waals surface area contributed by atoms with Crippen molar-refractivity contribution >= 4 is 0 Å². The quantitative estimate of drug-likeness (QED) is 0.229. The summed E-state index contributed by atoms with van der Waals surface area (Å²) in [6.07, 6.45) is 2.64. The first kappa shape index (κ1) is 39.7. The van der Waals surface area contributed by atoms with Crippen LogP contribution in [0.3, 0.4) is 0 Å². The summed E-state index contributed by atoms with van der Waals surface area (Å²) in [7, 11) is 0. The van der Waals surface area contributed by atoms with Crippen molar-refractivity contribution in [1.82, 2.24) is 16.0 Å². The maximum atomic E-state index is 10.2. The zero-order valence-corrected chi connectivity index (χ0v) is 30.5. The molecule has 3 aliphatic rings. The first-order chi connectivity index (χ1) is 24.6. The molecule has 0 aliphatic heterocycles. The van der Waals surface area contributed by atoms with E-state index in [1.165, 1.54) is 0 Å². The van der Waals surface area contributed by atoms with Gasteiger partial charge in [0.05, 0.1) is 16.7 Å². The van der Waals surface area contributed by atoms with Gasteiger partial charge in [-0.15, -0.1) is 0 Å². The van der Waals surface area contributed by atoms with Gasteiger partial charge in [0, 0.05) is 59.4 Å². The molecule has 0 aromatic heterocycles. The van der Waals surface area contributed by atoms with Crippen LogP contribution in [0.25, 0.3) is 0 Å². The van der Waals surface area contributed by atoms with Crippen LogP contribution in [0.5, 0.6) is 0 Å². The number of nitrogens with zero attached hydrogens (tertiary/aromatic N) is 9. The second-order valence-electron chi connectivity index (χ2n) is 15.7. The maximum Gasteiger partial charge on any atom is 0.134 e. The molecule has 0 aromatic rings. The second kappa shape index (κ2) is 16.3. The third kappa shape index (κ3) is 9.07. The molecule has 0 atom stereocenters. The van der Waals surface area contributed by atoms with Crippen molar-refractivity contribution < 1.29 is 0 Å². The Bertz CT molecular complexity index is 1830. The van der Waals surface area contributed by atoms with Gasteiger partial charge in [-0.3, -0.25) is 0 Å². The van der Waals surface area contributed by atoms with E-state index in [2.05, 4.69) is 34.2 Å². The molecule has 0 bridgehead atoms. The van der Waals surface area contributed by atoms with Crippen LogP contribution < -0.4 is 16.0 Å². The molecule has 0 heterocycles. The zero-order chi connectivity index (χ0) is 38.9. The summed E-state index contributed by atoms with van der Waals surface area (Å²) in [5, 5.41) is 98.7. The third-order valence-corrected chi connectivity index (χ3v) is 9.47. The van der Waals surface area contributed by atoms with E-state index in [1.54, 1.807) is 0 Å². The average molecular weight is 689 g/mol. The molecule has 0 saturated heterocycles. The van der Waals surface area contributed by atoms with Crippen LogP contribution >= 0.6 is 0 Å². The minimum Gasteiger partial charge on any atom is -0.387 e. The number of rotatable bonds is 9. The van der Waals surface area contributed by atoms with Crippen molar-refractivity contribution in [2.24, 2.45) is 22.2 Å². The SMILES string of the molecule is CC1(C)CC(NCC(CNC2=C(C#N)C(=C(C#N)C#N)CC(C)(C)C2)CNC2=C(C#N)C(=C(C#N)C#N)CC(C)(C)C2)=C(C#N)C(=C(C#N)C#N)C1. The summed E-state index contributed by atoms with van der Waals surface area (Å²) in [5.74, 6) is -0.274. The standard InChI is InChI=1S/C40H40N12/c1-38(2)7-29(26(13-41)14-42)32(19-47)35(10-38)50-22-25(23-51-36-11-39(3,4)8-30(33(36)20-48)27(15-43)16-44)24-52-37-12-40(5,6)9-31(34(37)21-49)28(17-45)18-46/h25,50-52H,7-12,22-24H2,1-6H3. The van der Waals surface area contributed by atoms with Gasteiger partial charge in [0.2, 0.25) is 0 Å². The molecule has 3 rings (SSSR count). The Morgan fingerprint density at radius 1 is 0.442 bits per heavy atom.